The first-order valence-electron chi connectivity index (χ1n) is 7.84. The van der Waals surface area contributed by atoms with Crippen molar-refractivity contribution in [2.45, 2.75) is 25.3 Å². The molecule has 1 aliphatic heterocycles. The van der Waals surface area contributed by atoms with Crippen molar-refractivity contribution in [3.05, 3.63) is 23.7 Å². The summed E-state index contributed by atoms with van der Waals surface area (Å²) >= 11 is 5.67. The zero-order valence-electron chi connectivity index (χ0n) is 13.8. The Morgan fingerprint density at radius 3 is 2.68 bits per heavy atom. The Morgan fingerprint density at radius 2 is 2.07 bits per heavy atom. The summed E-state index contributed by atoms with van der Waals surface area (Å²) in [5, 5.41) is 6.52. The lowest BCUT2D eigenvalue weighted by atomic mass is 10.1. The van der Waals surface area contributed by atoms with Crippen LogP contribution in [0.3, 0.4) is 0 Å². The number of pyridine rings is 1. The standard InChI is InChI=1S/C15H12ClF5N4O3/c16-12-11(27-13(26)15(19,20)21)10(28-14(17)18)9(5-23-12)7-3-24-25(6-7)8-1-2-22-4-8/h3,5-6,8,14,22H,1-2,4H2. The molecule has 7 nitrogen and oxygen atoms in total. The second-order valence-electron chi connectivity index (χ2n) is 5.74. The summed E-state index contributed by atoms with van der Waals surface area (Å²) < 4.78 is 73.3. The van der Waals surface area contributed by atoms with Crippen LogP contribution in [0.4, 0.5) is 22.0 Å². The molecule has 1 atom stereocenters. The van der Waals surface area contributed by atoms with Crippen molar-refractivity contribution in [1.82, 2.24) is 20.1 Å². The third-order valence-corrected chi connectivity index (χ3v) is 4.17. The number of halogens is 6. The van der Waals surface area contributed by atoms with E-state index >= 15 is 0 Å². The molecule has 2 aromatic heterocycles. The van der Waals surface area contributed by atoms with Gasteiger partial charge in [0.05, 0.1) is 12.2 Å². The molecular weight excluding hydrogens is 415 g/mol. The maximum atomic E-state index is 12.9. The van der Waals surface area contributed by atoms with Crippen molar-refractivity contribution in [3.63, 3.8) is 0 Å². The van der Waals surface area contributed by atoms with Gasteiger partial charge < -0.3 is 14.8 Å². The fourth-order valence-electron chi connectivity index (χ4n) is 2.65. The van der Waals surface area contributed by atoms with Crippen molar-refractivity contribution >= 4 is 17.6 Å². The highest BCUT2D eigenvalue weighted by atomic mass is 35.5. The number of rotatable bonds is 5. The molecule has 0 saturated carbocycles. The van der Waals surface area contributed by atoms with E-state index in [1.165, 1.54) is 12.4 Å². The van der Waals surface area contributed by atoms with E-state index in [1.54, 1.807) is 4.68 Å². The van der Waals surface area contributed by atoms with Gasteiger partial charge in [-0.15, -0.1) is 0 Å². The van der Waals surface area contributed by atoms with E-state index in [-0.39, 0.29) is 17.2 Å². The Kier molecular flexibility index (Phi) is 5.70. The molecule has 0 radical (unpaired) electrons. The van der Waals surface area contributed by atoms with Gasteiger partial charge in [-0.2, -0.15) is 27.1 Å². The number of alkyl halides is 5. The number of nitrogens with zero attached hydrogens (tertiary/aromatic N) is 3. The lowest BCUT2D eigenvalue weighted by Gasteiger charge is -2.15. The van der Waals surface area contributed by atoms with Gasteiger partial charge in [0.1, 0.15) is 0 Å². The summed E-state index contributed by atoms with van der Waals surface area (Å²) in [6.45, 7) is -2.00. The zero-order chi connectivity index (χ0) is 20.5. The lowest BCUT2D eigenvalue weighted by molar-refractivity contribution is -0.189. The number of carbonyl (C=O) groups is 1. The molecule has 0 aliphatic carbocycles. The number of aromatic nitrogens is 3. The van der Waals surface area contributed by atoms with Crippen LogP contribution >= 0.6 is 11.6 Å². The Morgan fingerprint density at radius 1 is 1.32 bits per heavy atom. The van der Waals surface area contributed by atoms with Crippen LogP contribution in [0.1, 0.15) is 12.5 Å². The van der Waals surface area contributed by atoms with E-state index in [0.717, 1.165) is 19.2 Å². The van der Waals surface area contributed by atoms with Crippen LogP contribution in [0.2, 0.25) is 5.15 Å². The monoisotopic (exact) mass is 426 g/mol. The molecule has 0 amide bonds. The van der Waals surface area contributed by atoms with Crippen LogP contribution < -0.4 is 14.8 Å². The van der Waals surface area contributed by atoms with Gasteiger partial charge in [0, 0.05) is 30.1 Å². The van der Waals surface area contributed by atoms with Gasteiger partial charge in [-0.3, -0.25) is 4.68 Å². The molecule has 1 unspecified atom stereocenters. The minimum absolute atomic E-state index is 0.0241. The van der Waals surface area contributed by atoms with Crippen LogP contribution in [0.15, 0.2) is 18.6 Å². The first-order valence-corrected chi connectivity index (χ1v) is 8.22. The highest BCUT2D eigenvalue weighted by molar-refractivity contribution is 6.31. The summed E-state index contributed by atoms with van der Waals surface area (Å²) in [5.74, 6) is -4.56. The normalized spacial score (nSPS) is 17.2. The Hall–Kier alpha value is -2.47. The first-order chi connectivity index (χ1) is 13.2. The number of ether oxygens (including phenoxy) is 2. The van der Waals surface area contributed by atoms with E-state index in [1.807, 2.05) is 0 Å². The topological polar surface area (TPSA) is 78.3 Å². The van der Waals surface area contributed by atoms with Gasteiger partial charge in [0.2, 0.25) is 5.75 Å². The molecule has 28 heavy (non-hydrogen) atoms. The second-order valence-corrected chi connectivity index (χ2v) is 6.10. The van der Waals surface area contributed by atoms with Crippen LogP contribution in [0.5, 0.6) is 11.5 Å². The second kappa shape index (κ2) is 7.87. The van der Waals surface area contributed by atoms with E-state index in [9.17, 15) is 26.7 Å². The lowest BCUT2D eigenvalue weighted by Crippen LogP contribution is -2.28. The molecule has 0 bridgehead atoms. The molecule has 1 aliphatic rings. The molecule has 1 fully saturated rings. The summed E-state index contributed by atoms with van der Waals surface area (Å²) in [6, 6.07) is 0.0241. The number of carbonyl (C=O) groups excluding carboxylic acids is 1. The fourth-order valence-corrected chi connectivity index (χ4v) is 2.82. The van der Waals surface area contributed by atoms with Crippen molar-refractivity contribution in [2.75, 3.05) is 13.1 Å². The van der Waals surface area contributed by atoms with Crippen molar-refractivity contribution in [1.29, 1.82) is 0 Å². The first kappa shape index (κ1) is 20.3. The molecule has 152 valence electrons. The van der Waals surface area contributed by atoms with Crippen LogP contribution in [0.25, 0.3) is 11.1 Å². The van der Waals surface area contributed by atoms with Gasteiger partial charge in [-0.1, -0.05) is 11.6 Å². The summed E-state index contributed by atoms with van der Waals surface area (Å²) in [7, 11) is 0. The van der Waals surface area contributed by atoms with Gasteiger partial charge >= 0.3 is 18.8 Å². The van der Waals surface area contributed by atoms with Crippen LogP contribution in [-0.2, 0) is 4.79 Å². The smallest absolute Gasteiger partial charge is 0.430 e. The molecule has 1 saturated heterocycles. The highest BCUT2D eigenvalue weighted by Crippen LogP contribution is 2.43. The SMILES string of the molecule is O=C(Oc1c(Cl)ncc(-c2cnn(C3CCNC3)c2)c1OC(F)F)C(F)(F)F. The maximum absolute atomic E-state index is 12.9. The van der Waals surface area contributed by atoms with Crippen LogP contribution in [0, 0.1) is 0 Å². The molecule has 1 N–H and O–H groups in total. The van der Waals surface area contributed by atoms with Crippen molar-refractivity contribution < 1.29 is 36.2 Å². The summed E-state index contributed by atoms with van der Waals surface area (Å²) in [5.41, 5.74) is 0.0582. The average molecular weight is 427 g/mol. The van der Waals surface area contributed by atoms with Crippen molar-refractivity contribution in [3.8, 4) is 22.6 Å². The van der Waals surface area contributed by atoms with Gasteiger partial charge in [0.25, 0.3) is 0 Å². The third kappa shape index (κ3) is 4.33. The summed E-state index contributed by atoms with van der Waals surface area (Å²) in [6.07, 6.45) is -0.775. The van der Waals surface area contributed by atoms with Gasteiger partial charge in [-0.05, 0) is 13.0 Å². The Balaban J connectivity index is 2.03. The average Bonchev–Trinajstić information content (AvgIpc) is 3.27. The fraction of sp³-hybridized carbons (Fsp3) is 0.400. The largest absolute Gasteiger partial charge is 0.491 e. The minimum atomic E-state index is -5.37. The predicted octanol–water partition coefficient (Wildman–Crippen LogP) is 3.20. The zero-order valence-corrected chi connectivity index (χ0v) is 14.6. The predicted molar refractivity (Wildman–Crippen MR) is 85.3 cm³/mol. The molecule has 2 aromatic rings. The Bertz CT molecular complexity index is 868. The molecule has 3 rings (SSSR count). The number of hydrogen-bond acceptors (Lipinski definition) is 6. The van der Waals surface area contributed by atoms with Gasteiger partial charge in [-0.25, -0.2) is 9.78 Å². The molecule has 13 heteroatoms. The molecule has 0 spiro atoms. The third-order valence-electron chi connectivity index (χ3n) is 3.90. The molecule has 0 aromatic carbocycles. The highest BCUT2D eigenvalue weighted by Gasteiger charge is 2.42. The number of esters is 1. The van der Waals surface area contributed by atoms with Crippen LogP contribution in [-0.4, -0.2) is 46.6 Å². The number of hydrogen-bond donors (Lipinski definition) is 1. The van der Waals surface area contributed by atoms with E-state index in [2.05, 4.69) is 24.9 Å². The van der Waals surface area contributed by atoms with E-state index in [4.69, 9.17) is 11.6 Å². The van der Waals surface area contributed by atoms with E-state index in [0.29, 0.717) is 6.54 Å². The molecule has 3 heterocycles. The Labute approximate surface area is 159 Å². The minimum Gasteiger partial charge on any atom is -0.430 e. The maximum Gasteiger partial charge on any atom is 0.491 e. The quantitative estimate of drug-likeness (QED) is 0.449. The summed E-state index contributed by atoms with van der Waals surface area (Å²) in [4.78, 5) is 14.8. The van der Waals surface area contributed by atoms with Gasteiger partial charge in [0.15, 0.2) is 10.9 Å². The molecular formula is C15H12ClF5N4O3. The number of nitrogens with one attached hydrogen (secondary N) is 1. The van der Waals surface area contributed by atoms with Crippen molar-refractivity contribution in [2.24, 2.45) is 0 Å². The van der Waals surface area contributed by atoms with E-state index < -0.39 is 35.4 Å².